The number of aliphatic imine (C=N–C) groups is 1. The van der Waals surface area contributed by atoms with E-state index in [4.69, 9.17) is 14.2 Å². The van der Waals surface area contributed by atoms with E-state index in [0.717, 1.165) is 30.0 Å². The van der Waals surface area contributed by atoms with Gasteiger partial charge in [0, 0.05) is 45.0 Å². The van der Waals surface area contributed by atoms with E-state index >= 15 is 0 Å². The first kappa shape index (κ1) is 21.4. The molecule has 0 atom stereocenters. The van der Waals surface area contributed by atoms with E-state index < -0.39 is 11.6 Å². The summed E-state index contributed by atoms with van der Waals surface area (Å²) in [5.74, 6) is -0.280. The Morgan fingerprint density at radius 3 is 2.50 bits per heavy atom. The molecule has 0 saturated carbocycles. The third-order valence-corrected chi connectivity index (χ3v) is 3.64. The average molecular weight is 393 g/mol. The summed E-state index contributed by atoms with van der Waals surface area (Å²) < 4.78 is 42.1. The summed E-state index contributed by atoms with van der Waals surface area (Å²) in [5, 5.41) is 6.24. The number of nitrogens with one attached hydrogen (secondary N) is 2. The van der Waals surface area contributed by atoms with Crippen molar-refractivity contribution in [2.24, 2.45) is 4.99 Å². The lowest BCUT2D eigenvalue weighted by Crippen LogP contribution is -2.33. The molecule has 0 amide bonds. The number of benzene rings is 2. The van der Waals surface area contributed by atoms with Crippen LogP contribution in [0.2, 0.25) is 0 Å². The number of ether oxygens (including phenoxy) is 3. The fourth-order valence-corrected chi connectivity index (χ4v) is 2.28. The van der Waals surface area contributed by atoms with E-state index in [2.05, 4.69) is 15.6 Å². The van der Waals surface area contributed by atoms with Crippen LogP contribution in [0, 0.1) is 11.6 Å². The lowest BCUT2D eigenvalue weighted by Gasteiger charge is -2.13. The molecule has 0 spiro atoms. The van der Waals surface area contributed by atoms with Gasteiger partial charge in [0.05, 0.1) is 13.2 Å². The predicted octanol–water partition coefficient (Wildman–Crippen LogP) is 3.45. The minimum atomic E-state index is -0.938. The molecule has 152 valence electrons. The van der Waals surface area contributed by atoms with Crippen molar-refractivity contribution in [2.75, 3.05) is 45.8 Å². The van der Waals surface area contributed by atoms with Gasteiger partial charge in [-0.1, -0.05) is 6.07 Å². The van der Waals surface area contributed by atoms with Crippen LogP contribution in [0.5, 0.6) is 11.5 Å². The minimum absolute atomic E-state index is 0.258. The van der Waals surface area contributed by atoms with Crippen molar-refractivity contribution < 1.29 is 23.0 Å². The highest BCUT2D eigenvalue weighted by Gasteiger charge is 2.04. The molecule has 0 aromatic heterocycles. The summed E-state index contributed by atoms with van der Waals surface area (Å²) in [6.07, 6.45) is 0.815. The second kappa shape index (κ2) is 11.8. The van der Waals surface area contributed by atoms with E-state index in [1.165, 1.54) is 6.07 Å². The molecule has 0 heterocycles. The monoisotopic (exact) mass is 393 g/mol. The van der Waals surface area contributed by atoms with E-state index in [-0.39, 0.29) is 12.4 Å². The molecule has 0 saturated heterocycles. The normalized spacial score (nSPS) is 11.2. The Balaban J connectivity index is 1.76. The van der Waals surface area contributed by atoms with Crippen LogP contribution in [0.4, 0.5) is 14.5 Å². The zero-order valence-corrected chi connectivity index (χ0v) is 16.0. The Hall–Kier alpha value is -2.87. The Morgan fingerprint density at radius 2 is 1.75 bits per heavy atom. The van der Waals surface area contributed by atoms with E-state index in [1.54, 1.807) is 14.2 Å². The molecule has 0 aliphatic carbocycles. The fourth-order valence-electron chi connectivity index (χ4n) is 2.28. The summed E-state index contributed by atoms with van der Waals surface area (Å²) in [4.78, 5) is 4.14. The van der Waals surface area contributed by atoms with E-state index in [1.807, 2.05) is 24.3 Å². The molecule has 0 aliphatic heterocycles. The smallest absolute Gasteiger partial charge is 0.195 e. The molecule has 2 aromatic rings. The molecule has 0 radical (unpaired) electrons. The molecule has 0 aliphatic rings. The maximum atomic E-state index is 13.1. The molecule has 8 heteroatoms. The van der Waals surface area contributed by atoms with Crippen molar-refractivity contribution in [2.45, 2.75) is 6.42 Å². The summed E-state index contributed by atoms with van der Waals surface area (Å²) >= 11 is 0. The summed E-state index contributed by atoms with van der Waals surface area (Å²) in [6.45, 7) is 1.91. The molecule has 0 fully saturated rings. The standard InChI is InChI=1S/C20H25F2N3O3/c1-23-20(24-9-12-28-17-7-8-18(21)19(22)14-17)25-15-5-3-6-16(13-15)27-11-4-10-26-2/h3,5-8,13-14H,4,9-12H2,1-2H3,(H2,23,24,25). The van der Waals surface area contributed by atoms with Gasteiger partial charge in [-0.15, -0.1) is 0 Å². The summed E-state index contributed by atoms with van der Waals surface area (Å²) in [7, 11) is 3.31. The van der Waals surface area contributed by atoms with Gasteiger partial charge in [-0.3, -0.25) is 4.99 Å². The average Bonchev–Trinajstić information content (AvgIpc) is 2.70. The van der Waals surface area contributed by atoms with Gasteiger partial charge in [0.2, 0.25) is 0 Å². The van der Waals surface area contributed by atoms with Crippen LogP contribution < -0.4 is 20.1 Å². The van der Waals surface area contributed by atoms with Crippen LogP contribution in [-0.4, -0.2) is 46.5 Å². The predicted molar refractivity (Wildman–Crippen MR) is 105 cm³/mol. The van der Waals surface area contributed by atoms with Crippen LogP contribution in [-0.2, 0) is 4.74 Å². The third-order valence-electron chi connectivity index (χ3n) is 3.64. The van der Waals surface area contributed by atoms with Gasteiger partial charge in [-0.25, -0.2) is 8.78 Å². The molecule has 2 N–H and O–H groups in total. The molecule has 6 nitrogen and oxygen atoms in total. The first-order valence-electron chi connectivity index (χ1n) is 8.89. The van der Waals surface area contributed by atoms with Crippen molar-refractivity contribution >= 4 is 11.6 Å². The highest BCUT2D eigenvalue weighted by molar-refractivity contribution is 5.93. The van der Waals surface area contributed by atoms with Crippen LogP contribution in [0.1, 0.15) is 6.42 Å². The number of methoxy groups -OCH3 is 1. The number of hydrogen-bond donors (Lipinski definition) is 2. The van der Waals surface area contributed by atoms with E-state index in [9.17, 15) is 8.78 Å². The molecule has 0 unspecified atom stereocenters. The Morgan fingerprint density at radius 1 is 0.964 bits per heavy atom. The number of rotatable bonds is 10. The molecular formula is C20H25F2N3O3. The van der Waals surface area contributed by atoms with Crippen molar-refractivity contribution in [3.05, 3.63) is 54.1 Å². The number of anilines is 1. The van der Waals surface area contributed by atoms with Gasteiger partial charge in [0.15, 0.2) is 17.6 Å². The van der Waals surface area contributed by atoms with Crippen molar-refractivity contribution in [1.82, 2.24) is 5.32 Å². The second-order valence-electron chi connectivity index (χ2n) is 5.77. The summed E-state index contributed by atoms with van der Waals surface area (Å²) in [5.41, 5.74) is 0.818. The topological polar surface area (TPSA) is 64.1 Å². The van der Waals surface area contributed by atoms with Gasteiger partial charge in [-0.2, -0.15) is 0 Å². The fraction of sp³-hybridized carbons (Fsp3) is 0.350. The van der Waals surface area contributed by atoms with Gasteiger partial charge in [0.25, 0.3) is 0 Å². The van der Waals surface area contributed by atoms with Crippen LogP contribution in [0.25, 0.3) is 0 Å². The lowest BCUT2D eigenvalue weighted by molar-refractivity contribution is 0.172. The van der Waals surface area contributed by atoms with Gasteiger partial charge < -0.3 is 24.8 Å². The highest BCUT2D eigenvalue weighted by Crippen LogP contribution is 2.17. The number of hydrogen-bond acceptors (Lipinski definition) is 4. The first-order chi connectivity index (χ1) is 13.6. The number of guanidine groups is 1. The minimum Gasteiger partial charge on any atom is -0.493 e. The zero-order valence-electron chi connectivity index (χ0n) is 16.0. The SMILES string of the molecule is CN=C(NCCOc1ccc(F)c(F)c1)Nc1cccc(OCCCOC)c1. The van der Waals surface area contributed by atoms with Crippen LogP contribution >= 0.6 is 0 Å². The molecule has 2 rings (SSSR count). The van der Waals surface area contributed by atoms with Crippen molar-refractivity contribution in [1.29, 1.82) is 0 Å². The van der Waals surface area contributed by atoms with Crippen molar-refractivity contribution in [3.8, 4) is 11.5 Å². The number of halogens is 2. The molecular weight excluding hydrogens is 368 g/mol. The Labute approximate surface area is 163 Å². The van der Waals surface area contributed by atoms with Crippen molar-refractivity contribution in [3.63, 3.8) is 0 Å². The van der Waals surface area contributed by atoms with E-state index in [0.29, 0.717) is 25.7 Å². The largest absolute Gasteiger partial charge is 0.493 e. The first-order valence-corrected chi connectivity index (χ1v) is 8.89. The molecule has 28 heavy (non-hydrogen) atoms. The Kier molecular flexibility index (Phi) is 9.00. The van der Waals surface area contributed by atoms with Crippen LogP contribution in [0.3, 0.4) is 0 Å². The van der Waals surface area contributed by atoms with Gasteiger partial charge in [0.1, 0.15) is 18.1 Å². The second-order valence-corrected chi connectivity index (χ2v) is 5.77. The van der Waals surface area contributed by atoms with Gasteiger partial charge in [-0.05, 0) is 24.3 Å². The summed E-state index contributed by atoms with van der Waals surface area (Å²) in [6, 6.07) is 11.0. The van der Waals surface area contributed by atoms with Crippen LogP contribution in [0.15, 0.2) is 47.5 Å². The maximum Gasteiger partial charge on any atom is 0.195 e. The Bertz CT molecular complexity index is 772. The number of nitrogens with zero attached hydrogens (tertiary/aromatic N) is 1. The van der Waals surface area contributed by atoms with Gasteiger partial charge >= 0.3 is 0 Å². The highest BCUT2D eigenvalue weighted by atomic mass is 19.2. The maximum absolute atomic E-state index is 13.1. The molecule has 2 aromatic carbocycles. The third kappa shape index (κ3) is 7.40. The zero-order chi connectivity index (χ0) is 20.2. The quantitative estimate of drug-likeness (QED) is 0.368. The lowest BCUT2D eigenvalue weighted by atomic mass is 10.3. The molecule has 0 bridgehead atoms.